The first-order valence-corrected chi connectivity index (χ1v) is 7.18. The molecule has 20 heavy (non-hydrogen) atoms. The third-order valence-electron chi connectivity index (χ3n) is 2.64. The standard InChI is InChI=1S/C14H18BrNO4/c1-3-4-9(2)16-13(18)8-20-14(19)11-7-10(15)5-6-12(11)17/h5-7,9,17H,3-4,8H2,1-2H3,(H,16,18). The summed E-state index contributed by atoms with van der Waals surface area (Å²) >= 11 is 3.20. The second kappa shape index (κ2) is 7.89. The molecule has 0 bridgehead atoms. The van der Waals surface area contributed by atoms with Crippen LogP contribution >= 0.6 is 15.9 Å². The molecule has 0 heterocycles. The number of carbonyl (C=O) groups excluding carboxylic acids is 2. The van der Waals surface area contributed by atoms with Gasteiger partial charge in [-0.05, 0) is 31.5 Å². The van der Waals surface area contributed by atoms with E-state index in [1.807, 2.05) is 13.8 Å². The predicted molar refractivity (Wildman–Crippen MR) is 78.6 cm³/mol. The highest BCUT2D eigenvalue weighted by Crippen LogP contribution is 2.22. The quantitative estimate of drug-likeness (QED) is 0.778. The van der Waals surface area contributed by atoms with Crippen molar-refractivity contribution in [2.24, 2.45) is 0 Å². The number of esters is 1. The summed E-state index contributed by atoms with van der Waals surface area (Å²) < 4.78 is 5.51. The topological polar surface area (TPSA) is 75.6 Å². The molecule has 0 aliphatic carbocycles. The van der Waals surface area contributed by atoms with Gasteiger partial charge in [0.1, 0.15) is 11.3 Å². The lowest BCUT2D eigenvalue weighted by Gasteiger charge is -2.13. The van der Waals surface area contributed by atoms with Gasteiger partial charge in [-0.3, -0.25) is 4.79 Å². The molecule has 1 unspecified atom stereocenters. The first-order chi connectivity index (χ1) is 9.43. The van der Waals surface area contributed by atoms with Gasteiger partial charge < -0.3 is 15.2 Å². The molecule has 5 nitrogen and oxygen atoms in total. The number of phenols is 1. The molecule has 0 aliphatic rings. The van der Waals surface area contributed by atoms with Gasteiger partial charge in [0.2, 0.25) is 0 Å². The van der Waals surface area contributed by atoms with Crippen LogP contribution in [0.25, 0.3) is 0 Å². The largest absolute Gasteiger partial charge is 0.507 e. The van der Waals surface area contributed by atoms with Crippen molar-refractivity contribution < 1.29 is 19.4 Å². The fourth-order valence-corrected chi connectivity index (χ4v) is 2.06. The number of carbonyl (C=O) groups is 2. The van der Waals surface area contributed by atoms with E-state index in [2.05, 4.69) is 21.2 Å². The maximum atomic E-state index is 11.8. The molecule has 0 spiro atoms. The van der Waals surface area contributed by atoms with Gasteiger partial charge in [-0.1, -0.05) is 29.3 Å². The molecule has 6 heteroatoms. The maximum absolute atomic E-state index is 11.8. The van der Waals surface area contributed by atoms with Crippen molar-refractivity contribution in [2.45, 2.75) is 32.7 Å². The smallest absolute Gasteiger partial charge is 0.342 e. The number of halogens is 1. The van der Waals surface area contributed by atoms with E-state index in [-0.39, 0.29) is 29.9 Å². The van der Waals surface area contributed by atoms with Crippen LogP contribution in [0.2, 0.25) is 0 Å². The van der Waals surface area contributed by atoms with Crippen LogP contribution in [0.4, 0.5) is 0 Å². The zero-order valence-electron chi connectivity index (χ0n) is 11.5. The number of hydrogen-bond donors (Lipinski definition) is 2. The van der Waals surface area contributed by atoms with Crippen LogP contribution in [0.3, 0.4) is 0 Å². The highest BCUT2D eigenvalue weighted by molar-refractivity contribution is 9.10. The Kier molecular flexibility index (Phi) is 6.51. The molecule has 0 saturated carbocycles. The lowest BCUT2D eigenvalue weighted by molar-refractivity contribution is -0.124. The lowest BCUT2D eigenvalue weighted by Crippen LogP contribution is -2.35. The first kappa shape index (κ1) is 16.5. The van der Waals surface area contributed by atoms with E-state index in [1.165, 1.54) is 12.1 Å². The van der Waals surface area contributed by atoms with E-state index in [0.29, 0.717) is 4.47 Å². The number of ether oxygens (including phenoxy) is 1. The van der Waals surface area contributed by atoms with Gasteiger partial charge in [-0.15, -0.1) is 0 Å². The summed E-state index contributed by atoms with van der Waals surface area (Å²) in [4.78, 5) is 23.3. The summed E-state index contributed by atoms with van der Waals surface area (Å²) in [5, 5.41) is 12.3. The fourth-order valence-electron chi connectivity index (χ4n) is 1.70. The molecule has 0 fully saturated rings. The lowest BCUT2D eigenvalue weighted by atomic mass is 10.2. The van der Waals surface area contributed by atoms with E-state index in [9.17, 15) is 14.7 Å². The molecule has 0 aliphatic heterocycles. The zero-order valence-corrected chi connectivity index (χ0v) is 13.1. The Labute approximate surface area is 126 Å². The highest BCUT2D eigenvalue weighted by Gasteiger charge is 2.15. The first-order valence-electron chi connectivity index (χ1n) is 6.39. The predicted octanol–water partition coefficient (Wildman–Crippen LogP) is 2.62. The van der Waals surface area contributed by atoms with Crippen molar-refractivity contribution in [2.75, 3.05) is 6.61 Å². The van der Waals surface area contributed by atoms with Gasteiger partial charge in [0.15, 0.2) is 6.61 Å². The second-order valence-corrected chi connectivity index (χ2v) is 5.41. The highest BCUT2D eigenvalue weighted by atomic mass is 79.9. The average molecular weight is 344 g/mol. The summed E-state index contributed by atoms with van der Waals surface area (Å²) in [5.74, 6) is -1.27. The average Bonchev–Trinajstić information content (AvgIpc) is 2.39. The summed E-state index contributed by atoms with van der Waals surface area (Å²) in [5.41, 5.74) is 0.0220. The minimum absolute atomic E-state index is 0.0220. The van der Waals surface area contributed by atoms with Gasteiger partial charge in [0.05, 0.1) is 0 Å². The van der Waals surface area contributed by atoms with Crippen molar-refractivity contribution in [1.29, 1.82) is 0 Å². The third-order valence-corrected chi connectivity index (χ3v) is 3.14. The fraction of sp³-hybridized carbons (Fsp3) is 0.429. The van der Waals surface area contributed by atoms with Gasteiger partial charge in [0.25, 0.3) is 5.91 Å². The molecule has 0 saturated heterocycles. The van der Waals surface area contributed by atoms with E-state index < -0.39 is 5.97 Å². The molecule has 2 N–H and O–H groups in total. The van der Waals surface area contributed by atoms with Crippen LogP contribution in [0.15, 0.2) is 22.7 Å². The van der Waals surface area contributed by atoms with E-state index in [1.54, 1.807) is 6.07 Å². The van der Waals surface area contributed by atoms with Gasteiger partial charge in [0, 0.05) is 10.5 Å². The number of benzene rings is 1. The monoisotopic (exact) mass is 343 g/mol. The van der Waals surface area contributed by atoms with Crippen LogP contribution in [0, 0.1) is 0 Å². The normalized spacial score (nSPS) is 11.8. The molecule has 110 valence electrons. The Morgan fingerprint density at radius 1 is 1.45 bits per heavy atom. The van der Waals surface area contributed by atoms with Crippen molar-refractivity contribution in [1.82, 2.24) is 5.32 Å². The molecule has 1 amide bonds. The molecular weight excluding hydrogens is 326 g/mol. The summed E-state index contributed by atoms with van der Waals surface area (Å²) in [7, 11) is 0. The van der Waals surface area contributed by atoms with E-state index in [4.69, 9.17) is 4.74 Å². The van der Waals surface area contributed by atoms with Crippen LogP contribution in [-0.4, -0.2) is 29.6 Å². The molecule has 1 aromatic rings. The third kappa shape index (κ3) is 5.21. The summed E-state index contributed by atoms with van der Waals surface area (Å²) in [6, 6.07) is 4.47. The van der Waals surface area contributed by atoms with Crippen LogP contribution in [0.5, 0.6) is 5.75 Å². The Morgan fingerprint density at radius 2 is 2.15 bits per heavy atom. The Bertz CT molecular complexity index is 490. The minimum atomic E-state index is -0.734. The van der Waals surface area contributed by atoms with Crippen molar-refractivity contribution in [3.8, 4) is 5.75 Å². The molecule has 1 rings (SSSR count). The molecule has 1 atom stereocenters. The Morgan fingerprint density at radius 3 is 2.80 bits per heavy atom. The van der Waals surface area contributed by atoms with Crippen molar-refractivity contribution >= 4 is 27.8 Å². The summed E-state index contributed by atoms with van der Waals surface area (Å²) in [6.07, 6.45) is 1.83. The van der Waals surface area contributed by atoms with Gasteiger partial charge in [-0.25, -0.2) is 4.79 Å². The zero-order chi connectivity index (χ0) is 15.1. The molecular formula is C14H18BrNO4. The SMILES string of the molecule is CCCC(C)NC(=O)COC(=O)c1cc(Br)ccc1O. The van der Waals surface area contributed by atoms with Crippen molar-refractivity contribution in [3.05, 3.63) is 28.2 Å². The number of hydrogen-bond acceptors (Lipinski definition) is 4. The number of nitrogens with one attached hydrogen (secondary N) is 1. The summed E-state index contributed by atoms with van der Waals surface area (Å²) in [6.45, 7) is 3.56. The van der Waals surface area contributed by atoms with Gasteiger partial charge in [-0.2, -0.15) is 0 Å². The number of rotatable bonds is 6. The molecule has 0 aromatic heterocycles. The maximum Gasteiger partial charge on any atom is 0.342 e. The van der Waals surface area contributed by atoms with Crippen molar-refractivity contribution in [3.63, 3.8) is 0 Å². The van der Waals surface area contributed by atoms with E-state index >= 15 is 0 Å². The number of phenolic OH excluding ortho intramolecular Hbond substituents is 1. The Balaban J connectivity index is 2.51. The second-order valence-electron chi connectivity index (χ2n) is 4.49. The van der Waals surface area contributed by atoms with Gasteiger partial charge >= 0.3 is 5.97 Å². The molecule has 0 radical (unpaired) electrons. The number of aromatic hydroxyl groups is 1. The number of amides is 1. The van der Waals surface area contributed by atoms with Crippen LogP contribution in [-0.2, 0) is 9.53 Å². The Hall–Kier alpha value is -1.56. The minimum Gasteiger partial charge on any atom is -0.507 e. The molecule has 1 aromatic carbocycles. The van der Waals surface area contributed by atoms with E-state index in [0.717, 1.165) is 12.8 Å². The van der Waals surface area contributed by atoms with Crippen LogP contribution in [0.1, 0.15) is 37.0 Å². The van der Waals surface area contributed by atoms with Crippen LogP contribution < -0.4 is 5.32 Å².